The monoisotopic (exact) mass is 481 g/mol. The maximum Gasteiger partial charge on any atom is 0.310 e. The van der Waals surface area contributed by atoms with Crippen LogP contribution in [0.2, 0.25) is 5.02 Å². The molecule has 7 heteroatoms. The Kier molecular flexibility index (Phi) is 7.27. The Bertz CT molecular complexity index is 1230. The zero-order valence-electron chi connectivity index (χ0n) is 19.6. The van der Waals surface area contributed by atoms with Crippen molar-refractivity contribution in [2.45, 2.75) is 26.7 Å². The Morgan fingerprint density at radius 3 is 2.71 bits per heavy atom. The first-order valence-electron chi connectivity index (χ1n) is 11.4. The molecule has 0 spiro atoms. The summed E-state index contributed by atoms with van der Waals surface area (Å²) in [5, 5.41) is 1.58. The smallest absolute Gasteiger partial charge is 0.310 e. The number of carbonyl (C=O) groups is 2. The molecule has 0 bridgehead atoms. The number of esters is 1. The highest BCUT2D eigenvalue weighted by Crippen LogP contribution is 2.37. The van der Waals surface area contributed by atoms with E-state index < -0.39 is 0 Å². The van der Waals surface area contributed by atoms with Crippen LogP contribution in [-0.4, -0.2) is 43.6 Å². The molecule has 1 unspecified atom stereocenters. The molecule has 3 aromatic rings. The number of hydrogen-bond donors (Lipinski definition) is 0. The van der Waals surface area contributed by atoms with Crippen LogP contribution in [0.15, 0.2) is 53.2 Å². The van der Waals surface area contributed by atoms with Gasteiger partial charge in [-0.05, 0) is 56.0 Å². The molecular formula is C27H28ClNO5. The first kappa shape index (κ1) is 23.9. The number of nitrogens with zero attached hydrogens (tertiary/aromatic N) is 1. The normalized spacial score (nSPS) is 16.5. The molecule has 1 aromatic heterocycles. The van der Waals surface area contributed by atoms with Crippen molar-refractivity contribution in [3.05, 3.63) is 59.3 Å². The third-order valence-corrected chi connectivity index (χ3v) is 6.42. The van der Waals surface area contributed by atoms with E-state index in [0.717, 1.165) is 40.5 Å². The summed E-state index contributed by atoms with van der Waals surface area (Å²) >= 11 is 6.04. The van der Waals surface area contributed by atoms with Gasteiger partial charge in [0.2, 0.25) is 5.91 Å². The predicted molar refractivity (Wildman–Crippen MR) is 133 cm³/mol. The molecule has 0 saturated carbocycles. The average molecular weight is 482 g/mol. The summed E-state index contributed by atoms with van der Waals surface area (Å²) in [5.74, 6) is -0.0134. The number of benzene rings is 2. The number of fused-ring (bicyclic) bond motifs is 1. The molecule has 1 fully saturated rings. The van der Waals surface area contributed by atoms with E-state index in [2.05, 4.69) is 0 Å². The highest BCUT2D eigenvalue weighted by Gasteiger charge is 2.29. The highest BCUT2D eigenvalue weighted by molar-refractivity contribution is 6.30. The number of furan rings is 1. The number of halogens is 1. The molecule has 1 aliphatic heterocycles. The SMILES string of the molecule is CCOC(=O)C1CCCN(C(=O)/C=C(\C)c2cc3c(-c4ccc(Cl)cc4)coc3cc2OC)C1. The maximum atomic E-state index is 13.1. The minimum atomic E-state index is -0.273. The topological polar surface area (TPSA) is 69.0 Å². The van der Waals surface area contributed by atoms with Gasteiger partial charge in [0, 0.05) is 46.8 Å². The predicted octanol–water partition coefficient (Wildman–Crippen LogP) is 5.97. The summed E-state index contributed by atoms with van der Waals surface area (Å²) < 4.78 is 16.5. The molecule has 178 valence electrons. The van der Waals surface area contributed by atoms with Crippen LogP contribution in [0.25, 0.3) is 27.7 Å². The number of rotatable bonds is 6. The standard InChI is InChI=1S/C27H28ClNO5/c1-4-33-27(31)19-6-5-11-29(15-19)26(30)12-17(2)21-13-22-23(18-7-9-20(28)10-8-18)16-34-25(22)14-24(21)32-3/h7-10,12-14,16,19H,4-6,11,15H2,1-3H3/b17-12+. The third-order valence-electron chi connectivity index (χ3n) is 6.17. The fraction of sp³-hybridized carbons (Fsp3) is 0.333. The number of hydrogen-bond acceptors (Lipinski definition) is 5. The second-order valence-corrected chi connectivity index (χ2v) is 8.84. The van der Waals surface area contributed by atoms with Gasteiger partial charge in [0.25, 0.3) is 0 Å². The van der Waals surface area contributed by atoms with Crippen LogP contribution in [0, 0.1) is 5.92 Å². The molecule has 6 nitrogen and oxygen atoms in total. The van der Waals surface area contributed by atoms with Crippen molar-refractivity contribution in [2.75, 3.05) is 26.8 Å². The third kappa shape index (κ3) is 4.97. The van der Waals surface area contributed by atoms with Crippen LogP contribution >= 0.6 is 11.6 Å². The van der Waals surface area contributed by atoms with Crippen molar-refractivity contribution in [1.29, 1.82) is 0 Å². The van der Waals surface area contributed by atoms with E-state index >= 15 is 0 Å². The number of likely N-dealkylation sites (tertiary alicyclic amines) is 1. The van der Waals surface area contributed by atoms with E-state index in [-0.39, 0.29) is 17.8 Å². The Morgan fingerprint density at radius 1 is 1.24 bits per heavy atom. The molecule has 1 atom stereocenters. The fourth-order valence-corrected chi connectivity index (χ4v) is 4.50. The summed E-state index contributed by atoms with van der Waals surface area (Å²) in [6.45, 7) is 5.02. The van der Waals surface area contributed by atoms with Crippen molar-refractivity contribution in [2.24, 2.45) is 5.92 Å². The summed E-state index contributed by atoms with van der Waals surface area (Å²) in [5.41, 5.74) is 4.18. The lowest BCUT2D eigenvalue weighted by Gasteiger charge is -2.31. The second kappa shape index (κ2) is 10.3. The minimum Gasteiger partial charge on any atom is -0.496 e. The van der Waals surface area contributed by atoms with E-state index in [1.807, 2.05) is 43.3 Å². The number of carbonyl (C=O) groups excluding carboxylic acids is 2. The largest absolute Gasteiger partial charge is 0.496 e. The summed E-state index contributed by atoms with van der Waals surface area (Å²) in [4.78, 5) is 26.9. The van der Waals surface area contributed by atoms with Gasteiger partial charge >= 0.3 is 5.97 Å². The molecule has 1 amide bonds. The van der Waals surface area contributed by atoms with Gasteiger partial charge in [-0.3, -0.25) is 9.59 Å². The Hall–Kier alpha value is -3.25. The van der Waals surface area contributed by atoms with Gasteiger partial charge in [0.05, 0.1) is 25.9 Å². The fourth-order valence-electron chi connectivity index (χ4n) is 4.37. The van der Waals surface area contributed by atoms with Gasteiger partial charge in [0.1, 0.15) is 11.3 Å². The van der Waals surface area contributed by atoms with Gasteiger partial charge in [-0.25, -0.2) is 0 Å². The average Bonchev–Trinajstić information content (AvgIpc) is 3.26. The van der Waals surface area contributed by atoms with Crippen LogP contribution in [-0.2, 0) is 14.3 Å². The number of amides is 1. The highest BCUT2D eigenvalue weighted by atomic mass is 35.5. The van der Waals surface area contributed by atoms with Gasteiger partial charge in [0.15, 0.2) is 0 Å². The molecule has 1 aliphatic rings. The summed E-state index contributed by atoms with van der Waals surface area (Å²) in [6, 6.07) is 11.4. The van der Waals surface area contributed by atoms with E-state index in [4.69, 9.17) is 25.5 Å². The molecule has 0 radical (unpaired) electrons. The summed E-state index contributed by atoms with van der Waals surface area (Å²) in [6.07, 6.45) is 4.84. The molecule has 2 heterocycles. The Labute approximate surface area is 204 Å². The summed E-state index contributed by atoms with van der Waals surface area (Å²) in [7, 11) is 1.59. The Balaban J connectivity index is 1.63. The number of ether oxygens (including phenoxy) is 2. The molecular weight excluding hydrogens is 454 g/mol. The van der Waals surface area contributed by atoms with Crippen LogP contribution < -0.4 is 4.74 Å². The van der Waals surface area contributed by atoms with Crippen molar-refractivity contribution >= 4 is 40.0 Å². The van der Waals surface area contributed by atoms with Gasteiger partial charge < -0.3 is 18.8 Å². The van der Waals surface area contributed by atoms with E-state index in [9.17, 15) is 9.59 Å². The Morgan fingerprint density at radius 2 is 2.00 bits per heavy atom. The maximum absolute atomic E-state index is 13.1. The van der Waals surface area contributed by atoms with E-state index in [1.165, 1.54) is 0 Å². The number of allylic oxidation sites excluding steroid dienone is 1. The first-order chi connectivity index (χ1) is 16.4. The van der Waals surface area contributed by atoms with E-state index in [1.54, 1.807) is 31.3 Å². The van der Waals surface area contributed by atoms with Crippen LogP contribution in [0.4, 0.5) is 0 Å². The zero-order valence-corrected chi connectivity index (χ0v) is 20.4. The van der Waals surface area contributed by atoms with Crippen molar-refractivity contribution in [3.8, 4) is 16.9 Å². The van der Waals surface area contributed by atoms with E-state index in [0.29, 0.717) is 36.1 Å². The lowest BCUT2D eigenvalue weighted by atomic mass is 9.97. The quantitative estimate of drug-likeness (QED) is 0.320. The van der Waals surface area contributed by atoms with Crippen LogP contribution in [0.1, 0.15) is 32.3 Å². The zero-order chi connectivity index (χ0) is 24.2. The van der Waals surface area contributed by atoms with Gasteiger partial charge in [-0.2, -0.15) is 0 Å². The lowest BCUT2D eigenvalue weighted by Crippen LogP contribution is -2.42. The first-order valence-corrected chi connectivity index (χ1v) is 11.8. The van der Waals surface area contributed by atoms with Gasteiger partial charge in [-0.1, -0.05) is 23.7 Å². The number of piperidine rings is 1. The van der Waals surface area contributed by atoms with Crippen LogP contribution in [0.3, 0.4) is 0 Å². The van der Waals surface area contributed by atoms with Crippen molar-refractivity contribution in [3.63, 3.8) is 0 Å². The number of methoxy groups -OCH3 is 1. The van der Waals surface area contributed by atoms with Crippen LogP contribution in [0.5, 0.6) is 5.75 Å². The van der Waals surface area contributed by atoms with Crippen molar-refractivity contribution < 1.29 is 23.5 Å². The molecule has 1 saturated heterocycles. The molecule has 0 N–H and O–H groups in total. The molecule has 4 rings (SSSR count). The minimum absolute atomic E-state index is 0.126. The lowest BCUT2D eigenvalue weighted by molar-refractivity contribution is -0.150. The second-order valence-electron chi connectivity index (χ2n) is 8.41. The molecule has 34 heavy (non-hydrogen) atoms. The molecule has 2 aromatic carbocycles. The van der Waals surface area contributed by atoms with Crippen molar-refractivity contribution in [1.82, 2.24) is 4.90 Å². The molecule has 0 aliphatic carbocycles. The van der Waals surface area contributed by atoms with Gasteiger partial charge in [-0.15, -0.1) is 0 Å².